The van der Waals surface area contributed by atoms with Crippen LogP contribution in [0.4, 0.5) is 0 Å². The van der Waals surface area contributed by atoms with Gasteiger partial charge in [0.1, 0.15) is 13.2 Å². The first-order chi connectivity index (χ1) is 20.5. The minimum absolute atomic E-state index is 0.0570. The number of rotatable bonds is 30. The summed E-state index contributed by atoms with van der Waals surface area (Å²) in [7, 11) is 1.55. The Bertz CT molecular complexity index is 768. The summed E-state index contributed by atoms with van der Waals surface area (Å²) in [5.74, 6) is -0.193. The largest absolute Gasteiger partial charge is 0.472 e. The number of likely N-dealkylation sites (N-methyl/N-ethyl adjacent to an activating group) is 1. The minimum Gasteiger partial charge on any atom is -0.387 e. The Kier molecular flexibility index (Phi) is 26.7. The van der Waals surface area contributed by atoms with Gasteiger partial charge in [0, 0.05) is 6.42 Å². The van der Waals surface area contributed by atoms with E-state index in [9.17, 15) is 19.4 Å². The Balaban J connectivity index is 4.49. The third-order valence-corrected chi connectivity index (χ3v) is 8.39. The van der Waals surface area contributed by atoms with Gasteiger partial charge in [-0.15, -0.1) is 0 Å². The van der Waals surface area contributed by atoms with Crippen LogP contribution < -0.4 is 5.32 Å². The fourth-order valence-corrected chi connectivity index (χ4v) is 5.33. The molecule has 3 atom stereocenters. The number of hydrogen-bond acceptors (Lipinski definition) is 5. The first-order valence-electron chi connectivity index (χ1n) is 17.2. The van der Waals surface area contributed by atoms with Crippen LogP contribution in [0.2, 0.25) is 0 Å². The van der Waals surface area contributed by atoms with E-state index in [4.69, 9.17) is 9.05 Å². The van der Waals surface area contributed by atoms with Crippen molar-refractivity contribution in [3.05, 3.63) is 24.3 Å². The zero-order valence-corrected chi connectivity index (χ0v) is 29.3. The maximum absolute atomic E-state index is 12.7. The third-order valence-electron chi connectivity index (χ3n) is 7.41. The van der Waals surface area contributed by atoms with E-state index in [2.05, 4.69) is 31.3 Å². The van der Waals surface area contributed by atoms with Crippen molar-refractivity contribution in [3.63, 3.8) is 0 Å². The number of quaternary nitrogens is 1. The predicted molar refractivity (Wildman–Crippen MR) is 180 cm³/mol. The van der Waals surface area contributed by atoms with E-state index in [1.54, 1.807) is 6.08 Å². The van der Waals surface area contributed by atoms with E-state index in [-0.39, 0.29) is 19.1 Å². The summed E-state index contributed by atoms with van der Waals surface area (Å²) in [6.45, 7) is 4.65. The number of nitrogens with one attached hydrogen (secondary N) is 1. The van der Waals surface area contributed by atoms with E-state index in [0.29, 0.717) is 17.4 Å². The normalized spacial score (nSPS) is 15.2. The third kappa shape index (κ3) is 29.5. The number of aliphatic hydroxyl groups excluding tert-OH is 1. The quantitative estimate of drug-likeness (QED) is 0.0319. The van der Waals surface area contributed by atoms with Gasteiger partial charge in [-0.1, -0.05) is 128 Å². The fraction of sp³-hybridized carbons (Fsp3) is 0.853. The summed E-state index contributed by atoms with van der Waals surface area (Å²) >= 11 is 0. The molecular formula is C34H68N2O6P+. The molecule has 3 N–H and O–H groups in total. The van der Waals surface area contributed by atoms with E-state index in [0.717, 1.165) is 44.9 Å². The second-order valence-corrected chi connectivity index (χ2v) is 14.3. The van der Waals surface area contributed by atoms with Crippen molar-refractivity contribution in [3.8, 4) is 0 Å². The minimum atomic E-state index is -4.32. The van der Waals surface area contributed by atoms with Gasteiger partial charge in [-0.25, -0.2) is 4.57 Å². The molecule has 43 heavy (non-hydrogen) atoms. The van der Waals surface area contributed by atoms with Crippen LogP contribution in [0.1, 0.15) is 136 Å². The molecule has 1 amide bonds. The van der Waals surface area contributed by atoms with Gasteiger partial charge in [0.25, 0.3) is 0 Å². The van der Waals surface area contributed by atoms with E-state index < -0.39 is 20.0 Å². The van der Waals surface area contributed by atoms with Crippen LogP contribution in [0, 0.1) is 0 Å². The number of carbonyl (C=O) groups is 1. The van der Waals surface area contributed by atoms with Crippen LogP contribution in [0.15, 0.2) is 24.3 Å². The molecule has 0 aromatic heterocycles. The van der Waals surface area contributed by atoms with Gasteiger partial charge in [0.05, 0.1) is 39.9 Å². The molecule has 0 saturated carbocycles. The molecule has 0 bridgehead atoms. The van der Waals surface area contributed by atoms with Gasteiger partial charge in [-0.05, 0) is 25.7 Å². The van der Waals surface area contributed by atoms with Crippen LogP contribution in [0.5, 0.6) is 0 Å². The van der Waals surface area contributed by atoms with Crippen molar-refractivity contribution < 1.29 is 32.9 Å². The first kappa shape index (κ1) is 42.0. The highest BCUT2D eigenvalue weighted by atomic mass is 31.2. The van der Waals surface area contributed by atoms with Crippen molar-refractivity contribution in [1.82, 2.24) is 5.32 Å². The highest BCUT2D eigenvalue weighted by Gasteiger charge is 2.27. The van der Waals surface area contributed by atoms with Crippen LogP contribution in [-0.4, -0.2) is 73.4 Å². The van der Waals surface area contributed by atoms with Gasteiger partial charge in [0.15, 0.2) is 0 Å². The molecule has 9 heteroatoms. The number of phosphoric acid groups is 1. The number of nitrogens with zero attached hydrogens (tertiary/aromatic N) is 1. The predicted octanol–water partition coefficient (Wildman–Crippen LogP) is 8.24. The number of carbonyl (C=O) groups excluding carboxylic acids is 1. The van der Waals surface area contributed by atoms with Gasteiger partial charge in [-0.3, -0.25) is 13.8 Å². The van der Waals surface area contributed by atoms with Crippen molar-refractivity contribution in [1.29, 1.82) is 0 Å². The van der Waals surface area contributed by atoms with Crippen molar-refractivity contribution >= 4 is 13.7 Å². The smallest absolute Gasteiger partial charge is 0.387 e. The number of unbranched alkanes of at least 4 members (excludes halogenated alkanes) is 15. The fourth-order valence-electron chi connectivity index (χ4n) is 4.59. The summed E-state index contributed by atoms with van der Waals surface area (Å²) in [6, 6.07) is -0.853. The second kappa shape index (κ2) is 27.3. The van der Waals surface area contributed by atoms with Crippen molar-refractivity contribution in [2.24, 2.45) is 0 Å². The van der Waals surface area contributed by atoms with Crippen LogP contribution in [0.3, 0.4) is 0 Å². The maximum atomic E-state index is 12.7. The van der Waals surface area contributed by atoms with Crippen molar-refractivity contribution in [2.45, 2.75) is 148 Å². The molecule has 0 aliphatic rings. The summed E-state index contributed by atoms with van der Waals surface area (Å²) in [6.07, 6.45) is 28.3. The maximum Gasteiger partial charge on any atom is 0.472 e. The lowest BCUT2D eigenvalue weighted by atomic mass is 10.0. The van der Waals surface area contributed by atoms with Crippen LogP contribution in [0.25, 0.3) is 0 Å². The number of amides is 1. The molecule has 0 aromatic carbocycles. The van der Waals surface area contributed by atoms with Crippen LogP contribution >= 0.6 is 7.82 Å². The zero-order valence-electron chi connectivity index (χ0n) is 28.4. The highest BCUT2D eigenvalue weighted by molar-refractivity contribution is 7.47. The molecule has 0 fully saturated rings. The van der Waals surface area contributed by atoms with Crippen molar-refractivity contribution in [2.75, 3.05) is 40.9 Å². The number of phosphoric ester groups is 1. The summed E-state index contributed by atoms with van der Waals surface area (Å²) in [5, 5.41) is 13.6. The molecule has 0 rings (SSSR count). The zero-order chi connectivity index (χ0) is 32.2. The average molecular weight is 632 g/mol. The van der Waals surface area contributed by atoms with Gasteiger partial charge in [0.2, 0.25) is 5.91 Å². The van der Waals surface area contributed by atoms with Gasteiger partial charge >= 0.3 is 7.82 Å². The molecule has 3 unspecified atom stereocenters. The SMILES string of the molecule is CCC/C=C/CC/C=C/C(O)C(COP(=O)(O)OCC[N+](C)(C)C)NC(=O)CCCCCCCCCCCCCCCC. The molecule has 0 radical (unpaired) electrons. The standard InChI is InChI=1S/C34H67N2O6P/c1-6-8-10-12-14-15-16-17-18-19-20-22-24-26-28-34(38)35-32(33(37)27-25-23-21-13-11-9-7-2)31-42-43(39,40)41-30-29-36(3,4)5/h11,13,25,27,32-33,37H,6-10,12,14-24,26,28-31H2,1-5H3,(H-,35,38,39,40)/p+1/b13-11+,27-25+. The van der Waals surface area contributed by atoms with Crippen LogP contribution in [-0.2, 0) is 18.4 Å². The van der Waals surface area contributed by atoms with Gasteiger partial charge < -0.3 is 19.8 Å². The molecule has 0 aliphatic carbocycles. The molecule has 0 heterocycles. The lowest BCUT2D eigenvalue weighted by Gasteiger charge is -2.25. The summed E-state index contributed by atoms with van der Waals surface area (Å²) in [4.78, 5) is 22.8. The molecule has 254 valence electrons. The number of allylic oxidation sites excluding steroid dienone is 3. The monoisotopic (exact) mass is 631 g/mol. The molecule has 0 aromatic rings. The molecule has 0 spiro atoms. The molecule has 0 saturated heterocycles. The molecule has 0 aliphatic heterocycles. The average Bonchev–Trinajstić information content (AvgIpc) is 2.94. The second-order valence-electron chi connectivity index (χ2n) is 12.9. The first-order valence-corrected chi connectivity index (χ1v) is 18.7. The van der Waals surface area contributed by atoms with E-state index >= 15 is 0 Å². The van der Waals surface area contributed by atoms with E-state index in [1.165, 1.54) is 70.6 Å². The summed E-state index contributed by atoms with van der Waals surface area (Å²) in [5.41, 5.74) is 0. The Morgan fingerprint density at radius 2 is 1.28 bits per heavy atom. The van der Waals surface area contributed by atoms with Gasteiger partial charge in [-0.2, -0.15) is 0 Å². The molecule has 8 nitrogen and oxygen atoms in total. The highest BCUT2D eigenvalue weighted by Crippen LogP contribution is 2.43. The number of hydrogen-bond donors (Lipinski definition) is 3. The van der Waals surface area contributed by atoms with E-state index in [1.807, 2.05) is 27.2 Å². The Morgan fingerprint density at radius 1 is 0.767 bits per heavy atom. The Morgan fingerprint density at radius 3 is 1.81 bits per heavy atom. The topological polar surface area (TPSA) is 105 Å². The lowest BCUT2D eigenvalue weighted by molar-refractivity contribution is -0.870. The molecular weight excluding hydrogens is 563 g/mol. The lowest BCUT2D eigenvalue weighted by Crippen LogP contribution is -2.45. The Hall–Kier alpha value is -1.02. The Labute approximate surface area is 264 Å². The summed E-state index contributed by atoms with van der Waals surface area (Å²) < 4.78 is 23.3. The number of aliphatic hydroxyl groups is 1.